The Labute approximate surface area is 92.1 Å². The lowest BCUT2D eigenvalue weighted by atomic mass is 10.2. The predicted octanol–water partition coefficient (Wildman–Crippen LogP) is -0.756. The van der Waals surface area contributed by atoms with Gasteiger partial charge in [-0.15, -0.1) is 0 Å². The van der Waals surface area contributed by atoms with Gasteiger partial charge in [0.2, 0.25) is 0 Å². The first-order valence-electron chi connectivity index (χ1n) is 4.44. The summed E-state index contributed by atoms with van der Waals surface area (Å²) < 4.78 is 13.3. The number of aliphatic carboxylic acids is 1. The minimum Gasteiger partial charge on any atom is -0.544 e. The van der Waals surface area contributed by atoms with Crippen LogP contribution in [0.5, 0.6) is 0 Å². The van der Waals surface area contributed by atoms with Crippen LogP contribution in [0.25, 0.3) is 0 Å². The maximum Gasteiger partial charge on any atom is 0.133 e. The van der Waals surface area contributed by atoms with Crippen molar-refractivity contribution in [1.29, 1.82) is 0 Å². The molecule has 3 nitrogen and oxygen atoms in total. The lowest BCUT2D eigenvalue weighted by Crippen LogP contribution is -3.09. The van der Waals surface area contributed by atoms with Crippen LogP contribution in [-0.4, -0.2) is 19.6 Å². The van der Waals surface area contributed by atoms with Crippen molar-refractivity contribution < 1.29 is 19.2 Å². The Morgan fingerprint density at radius 1 is 1.60 bits per heavy atom. The molecule has 1 aromatic carbocycles. The predicted molar refractivity (Wildman–Crippen MR) is 51.9 cm³/mol. The molecule has 82 valence electrons. The van der Waals surface area contributed by atoms with Crippen LogP contribution in [0, 0.1) is 5.82 Å². The number of nitrogens with one attached hydrogen (secondary N) is 1. The molecule has 0 heterocycles. The zero-order valence-corrected chi connectivity index (χ0v) is 8.97. The molecule has 0 amide bonds. The number of likely N-dealkylation sites (N-methyl/N-ethyl adjacent to an activating group) is 1. The molecule has 0 saturated heterocycles. The van der Waals surface area contributed by atoms with Crippen molar-refractivity contribution >= 4 is 17.6 Å². The molecule has 15 heavy (non-hydrogen) atoms. The number of hydrogen-bond donors (Lipinski definition) is 1. The molecule has 5 heteroatoms. The average Bonchev–Trinajstić information content (AvgIpc) is 2.10. The highest BCUT2D eigenvalue weighted by Gasteiger charge is 2.12. The molecule has 1 N–H and O–H groups in total. The van der Waals surface area contributed by atoms with Crippen LogP contribution >= 0.6 is 11.6 Å². The van der Waals surface area contributed by atoms with Gasteiger partial charge in [-0.1, -0.05) is 17.7 Å². The van der Waals surface area contributed by atoms with Gasteiger partial charge in [-0.2, -0.15) is 0 Å². The van der Waals surface area contributed by atoms with Gasteiger partial charge in [0, 0.05) is 0 Å². The Balaban J connectivity index is 2.76. The summed E-state index contributed by atoms with van der Waals surface area (Å²) in [6, 6.07) is 4.38. The third kappa shape index (κ3) is 3.49. The van der Waals surface area contributed by atoms with E-state index in [2.05, 4.69) is 0 Å². The average molecular weight is 232 g/mol. The number of rotatable bonds is 4. The van der Waals surface area contributed by atoms with Crippen LogP contribution in [0.3, 0.4) is 0 Å². The fourth-order valence-electron chi connectivity index (χ4n) is 1.31. The van der Waals surface area contributed by atoms with Crippen molar-refractivity contribution in [3.8, 4) is 0 Å². The molecular weight excluding hydrogens is 221 g/mol. The molecule has 0 bridgehead atoms. The molecule has 0 aliphatic carbocycles. The summed E-state index contributed by atoms with van der Waals surface area (Å²) in [5.41, 5.74) is 0.331. The van der Waals surface area contributed by atoms with Crippen LogP contribution < -0.4 is 10.0 Å². The van der Waals surface area contributed by atoms with Gasteiger partial charge in [0.1, 0.15) is 18.9 Å². The molecule has 0 fully saturated rings. The lowest BCUT2D eigenvalue weighted by molar-refractivity contribution is -0.888. The van der Waals surface area contributed by atoms with E-state index in [0.717, 1.165) is 0 Å². The van der Waals surface area contributed by atoms with E-state index in [4.69, 9.17) is 11.6 Å². The highest BCUT2D eigenvalue weighted by atomic mass is 35.5. The molecule has 0 spiro atoms. The summed E-state index contributed by atoms with van der Waals surface area (Å²) in [5.74, 6) is -1.58. The summed E-state index contributed by atoms with van der Waals surface area (Å²) >= 11 is 5.79. The van der Waals surface area contributed by atoms with E-state index in [0.29, 0.717) is 15.5 Å². The van der Waals surface area contributed by atoms with E-state index in [-0.39, 0.29) is 13.1 Å². The molecule has 1 atom stereocenters. The zero-order chi connectivity index (χ0) is 11.4. The van der Waals surface area contributed by atoms with E-state index < -0.39 is 11.8 Å². The molecule has 0 aromatic heterocycles. The second-order valence-electron chi connectivity index (χ2n) is 3.38. The number of carboxylic acids is 1. The molecule has 1 unspecified atom stereocenters. The SMILES string of the molecule is C[NH+](CC(=O)[O-])Cc1c(F)cccc1Cl. The molecule has 0 aliphatic heterocycles. The van der Waals surface area contributed by atoms with E-state index in [9.17, 15) is 14.3 Å². The topological polar surface area (TPSA) is 44.6 Å². The molecular formula is C10H11ClFNO2. The first-order valence-corrected chi connectivity index (χ1v) is 4.82. The Hall–Kier alpha value is -1.13. The summed E-state index contributed by atoms with van der Waals surface area (Å²) in [6.45, 7) is 0.0458. The van der Waals surface area contributed by atoms with Crippen molar-refractivity contribution in [2.75, 3.05) is 13.6 Å². The van der Waals surface area contributed by atoms with Crippen molar-refractivity contribution in [3.05, 3.63) is 34.6 Å². The fourth-order valence-corrected chi connectivity index (χ4v) is 1.54. The minimum absolute atomic E-state index is 0.176. The largest absolute Gasteiger partial charge is 0.544 e. The van der Waals surface area contributed by atoms with Gasteiger partial charge in [-0.05, 0) is 12.1 Å². The second kappa shape index (κ2) is 5.09. The first kappa shape index (κ1) is 11.9. The Kier molecular flexibility index (Phi) is 4.05. The highest BCUT2D eigenvalue weighted by molar-refractivity contribution is 6.31. The maximum absolute atomic E-state index is 13.3. The van der Waals surface area contributed by atoms with E-state index >= 15 is 0 Å². The monoisotopic (exact) mass is 231 g/mol. The second-order valence-corrected chi connectivity index (χ2v) is 3.79. The van der Waals surface area contributed by atoms with E-state index in [1.807, 2.05) is 0 Å². The number of carboxylic acid groups (broad SMARTS) is 1. The zero-order valence-electron chi connectivity index (χ0n) is 8.22. The van der Waals surface area contributed by atoms with Crippen LogP contribution in [0.2, 0.25) is 5.02 Å². The number of carbonyl (C=O) groups excluding carboxylic acids is 1. The fraction of sp³-hybridized carbons (Fsp3) is 0.300. The van der Waals surface area contributed by atoms with Crippen LogP contribution in [0.15, 0.2) is 18.2 Å². The normalized spacial score (nSPS) is 12.5. The Morgan fingerprint density at radius 3 is 2.80 bits per heavy atom. The van der Waals surface area contributed by atoms with Gasteiger partial charge in [-0.3, -0.25) is 0 Å². The van der Waals surface area contributed by atoms with Gasteiger partial charge in [0.05, 0.1) is 23.6 Å². The number of benzene rings is 1. The van der Waals surface area contributed by atoms with Gasteiger partial charge in [0.15, 0.2) is 0 Å². The maximum atomic E-state index is 13.3. The van der Waals surface area contributed by atoms with Crippen molar-refractivity contribution in [2.45, 2.75) is 6.54 Å². The smallest absolute Gasteiger partial charge is 0.133 e. The van der Waals surface area contributed by atoms with Crippen molar-refractivity contribution in [2.24, 2.45) is 0 Å². The number of halogens is 2. The molecule has 0 saturated carbocycles. The van der Waals surface area contributed by atoms with Crippen LogP contribution in [0.4, 0.5) is 4.39 Å². The summed E-state index contributed by atoms with van der Waals surface area (Å²) in [5, 5.41) is 10.6. The summed E-state index contributed by atoms with van der Waals surface area (Å²) in [7, 11) is 1.64. The summed E-state index contributed by atoms with van der Waals surface area (Å²) in [6.07, 6.45) is 0. The van der Waals surface area contributed by atoms with Gasteiger partial charge in [0.25, 0.3) is 0 Å². The van der Waals surface area contributed by atoms with Crippen LogP contribution in [-0.2, 0) is 11.3 Å². The van der Waals surface area contributed by atoms with E-state index in [1.54, 1.807) is 13.1 Å². The number of carbonyl (C=O) groups is 1. The Bertz CT molecular complexity index is 350. The number of hydrogen-bond acceptors (Lipinski definition) is 2. The third-order valence-corrected chi connectivity index (χ3v) is 2.34. The molecule has 1 aromatic rings. The van der Waals surface area contributed by atoms with Crippen LogP contribution in [0.1, 0.15) is 5.56 Å². The Morgan fingerprint density at radius 2 is 2.27 bits per heavy atom. The van der Waals surface area contributed by atoms with Crippen molar-refractivity contribution in [3.63, 3.8) is 0 Å². The first-order chi connectivity index (χ1) is 7.00. The minimum atomic E-state index is -1.17. The molecule has 1 rings (SSSR count). The lowest BCUT2D eigenvalue weighted by Gasteiger charge is -2.15. The van der Waals surface area contributed by atoms with E-state index in [1.165, 1.54) is 12.1 Å². The molecule has 0 aliphatic rings. The number of quaternary nitrogens is 1. The summed E-state index contributed by atoms with van der Waals surface area (Å²) in [4.78, 5) is 10.9. The quantitative estimate of drug-likeness (QED) is 0.741. The van der Waals surface area contributed by atoms with Gasteiger partial charge >= 0.3 is 0 Å². The third-order valence-electron chi connectivity index (χ3n) is 1.99. The van der Waals surface area contributed by atoms with Gasteiger partial charge in [-0.25, -0.2) is 4.39 Å². The highest BCUT2D eigenvalue weighted by Crippen LogP contribution is 2.17. The standard InChI is InChI=1S/C10H11ClFNO2/c1-13(6-10(14)15)5-7-8(11)3-2-4-9(7)12/h2-4H,5-6H2,1H3,(H,14,15). The van der Waals surface area contributed by atoms with Gasteiger partial charge < -0.3 is 14.8 Å². The molecule has 0 radical (unpaired) electrons. The van der Waals surface area contributed by atoms with Crippen molar-refractivity contribution in [1.82, 2.24) is 0 Å².